The fraction of sp³-hybridized carbons (Fsp3) is 0.277. The number of ether oxygens (including phenoxy) is 4. The first-order chi connectivity index (χ1) is 29.1. The molecule has 4 rings (SSSR count). The molecule has 0 aliphatic heterocycles. The molecule has 60 heavy (non-hydrogen) atoms. The number of amides is 3. The minimum atomic E-state index is -0.574. The Bertz CT molecular complexity index is 1900. The van der Waals surface area contributed by atoms with Gasteiger partial charge in [-0.2, -0.15) is 0 Å². The Hall–Kier alpha value is -7.02. The Labute approximate surface area is 350 Å². The van der Waals surface area contributed by atoms with Gasteiger partial charge in [0.1, 0.15) is 12.4 Å². The highest BCUT2D eigenvalue weighted by atomic mass is 16.6. The van der Waals surface area contributed by atoms with Crippen LogP contribution in [0.15, 0.2) is 122 Å². The van der Waals surface area contributed by atoms with Crippen LogP contribution in [0.1, 0.15) is 59.1 Å². The number of rotatable bonds is 24. The van der Waals surface area contributed by atoms with Gasteiger partial charge >= 0.3 is 30.0 Å². The molecule has 13 heteroatoms. The normalized spacial score (nSPS) is 10.4. The van der Waals surface area contributed by atoms with E-state index in [1.54, 1.807) is 24.3 Å². The zero-order valence-corrected chi connectivity index (χ0v) is 33.6. The largest absolute Gasteiger partial charge is 0.465 e. The molecule has 0 spiro atoms. The first kappa shape index (κ1) is 45.7. The van der Waals surface area contributed by atoms with Crippen molar-refractivity contribution in [2.45, 2.75) is 51.4 Å². The van der Waals surface area contributed by atoms with Crippen LogP contribution < -0.4 is 16.0 Å². The van der Waals surface area contributed by atoms with E-state index in [1.165, 1.54) is 0 Å². The molecule has 0 saturated heterocycles. The monoisotopic (exact) mass is 817 g/mol. The standard InChI is InChI=1S/C47H51N3O10/c1-3-43(52)57-28-7-8-42(51)32-38-13-9-34(10-14-38)30-35-11-15-39(16-12-35)33-45(54)58-26-5-6-27-60-47(56)50-41-23-19-37(20-24-41)31-36-17-21-40(22-18-36)49-46(55)48-25-29-59-44(53)4-2/h3-4,9-24H,1-2,5-8,25-33H2,(H,50,56)(H2,48,49,55). The molecule has 0 radical (unpaired) electrons. The first-order valence-corrected chi connectivity index (χ1v) is 19.7. The van der Waals surface area contributed by atoms with Crippen LogP contribution in [0.3, 0.4) is 0 Å². The molecule has 3 amide bonds. The molecule has 4 aromatic rings. The van der Waals surface area contributed by atoms with Gasteiger partial charge in [0, 0.05) is 36.4 Å². The van der Waals surface area contributed by atoms with Gasteiger partial charge in [0.2, 0.25) is 0 Å². The maximum Gasteiger partial charge on any atom is 0.411 e. The van der Waals surface area contributed by atoms with Gasteiger partial charge in [-0.3, -0.25) is 14.9 Å². The van der Waals surface area contributed by atoms with Gasteiger partial charge in [-0.05, 0) is 89.8 Å². The summed E-state index contributed by atoms with van der Waals surface area (Å²) < 4.78 is 20.4. The molecule has 0 atom stereocenters. The van der Waals surface area contributed by atoms with E-state index in [0.29, 0.717) is 56.3 Å². The Morgan fingerprint density at radius 2 is 0.917 bits per heavy atom. The third-order valence-corrected chi connectivity index (χ3v) is 8.87. The minimum absolute atomic E-state index is 0.0462. The van der Waals surface area contributed by atoms with Crippen LogP contribution in [0.4, 0.5) is 21.0 Å². The summed E-state index contributed by atoms with van der Waals surface area (Å²) in [6.45, 7) is 7.47. The Kier molecular flexibility index (Phi) is 19.3. The van der Waals surface area contributed by atoms with Crippen molar-refractivity contribution in [2.75, 3.05) is 43.6 Å². The molecule has 0 aliphatic rings. The van der Waals surface area contributed by atoms with E-state index >= 15 is 0 Å². The lowest BCUT2D eigenvalue weighted by atomic mass is 10.00. The molecule has 0 saturated carbocycles. The average Bonchev–Trinajstić information content (AvgIpc) is 3.25. The molecular weight excluding hydrogens is 767 g/mol. The van der Waals surface area contributed by atoms with Gasteiger partial charge in [-0.15, -0.1) is 0 Å². The number of esters is 3. The lowest BCUT2D eigenvalue weighted by Gasteiger charge is -2.10. The number of ketones is 1. The van der Waals surface area contributed by atoms with E-state index in [2.05, 4.69) is 29.1 Å². The summed E-state index contributed by atoms with van der Waals surface area (Å²) in [5.74, 6) is -1.28. The maximum absolute atomic E-state index is 12.4. The van der Waals surface area contributed by atoms with Crippen LogP contribution in [0.2, 0.25) is 0 Å². The summed E-state index contributed by atoms with van der Waals surface area (Å²) in [5, 5.41) is 8.03. The predicted molar refractivity (Wildman–Crippen MR) is 228 cm³/mol. The van der Waals surface area contributed by atoms with Crippen molar-refractivity contribution in [1.29, 1.82) is 0 Å². The van der Waals surface area contributed by atoms with Crippen molar-refractivity contribution >= 4 is 47.2 Å². The first-order valence-electron chi connectivity index (χ1n) is 19.7. The molecule has 0 fully saturated rings. The van der Waals surface area contributed by atoms with Gasteiger partial charge in [-0.1, -0.05) is 86.0 Å². The van der Waals surface area contributed by atoms with Crippen molar-refractivity contribution in [3.8, 4) is 0 Å². The molecule has 13 nitrogen and oxygen atoms in total. The van der Waals surface area contributed by atoms with Crippen LogP contribution in [0.5, 0.6) is 0 Å². The molecule has 0 unspecified atom stereocenters. The predicted octanol–water partition coefficient (Wildman–Crippen LogP) is 7.45. The number of carbonyl (C=O) groups is 6. The number of Topliss-reactive ketones (excluding diaryl/α,β-unsaturated/α-hetero) is 1. The van der Waals surface area contributed by atoms with Crippen LogP contribution in [-0.4, -0.2) is 68.8 Å². The van der Waals surface area contributed by atoms with Gasteiger partial charge in [0.25, 0.3) is 0 Å². The summed E-state index contributed by atoms with van der Waals surface area (Å²) >= 11 is 0. The number of anilines is 2. The summed E-state index contributed by atoms with van der Waals surface area (Å²) in [5.41, 5.74) is 7.23. The van der Waals surface area contributed by atoms with E-state index in [-0.39, 0.29) is 51.1 Å². The van der Waals surface area contributed by atoms with E-state index in [0.717, 1.165) is 45.5 Å². The second-order valence-corrected chi connectivity index (χ2v) is 13.7. The zero-order valence-electron chi connectivity index (χ0n) is 33.6. The third-order valence-electron chi connectivity index (χ3n) is 8.87. The van der Waals surface area contributed by atoms with Gasteiger partial charge in [-0.25, -0.2) is 19.2 Å². The van der Waals surface area contributed by atoms with E-state index < -0.39 is 24.1 Å². The number of nitrogens with one attached hydrogen (secondary N) is 3. The van der Waals surface area contributed by atoms with Crippen LogP contribution in [0, 0.1) is 0 Å². The van der Waals surface area contributed by atoms with Crippen LogP contribution in [-0.2, 0) is 63.8 Å². The van der Waals surface area contributed by atoms with Gasteiger partial charge in [0.15, 0.2) is 0 Å². The summed E-state index contributed by atoms with van der Waals surface area (Å²) in [7, 11) is 0. The lowest BCUT2D eigenvalue weighted by Crippen LogP contribution is -2.31. The molecule has 4 aromatic carbocycles. The summed E-state index contributed by atoms with van der Waals surface area (Å²) in [6.07, 6.45) is 5.33. The highest BCUT2D eigenvalue weighted by molar-refractivity contribution is 5.89. The number of carbonyl (C=O) groups excluding carboxylic acids is 6. The smallest absolute Gasteiger partial charge is 0.411 e. The van der Waals surface area contributed by atoms with E-state index in [4.69, 9.17) is 18.9 Å². The fourth-order valence-corrected chi connectivity index (χ4v) is 5.73. The quantitative estimate of drug-likeness (QED) is 0.0279. The highest BCUT2D eigenvalue weighted by Gasteiger charge is 2.09. The Balaban J connectivity index is 1.04. The van der Waals surface area contributed by atoms with Crippen molar-refractivity contribution in [1.82, 2.24) is 5.32 Å². The number of urea groups is 1. The Morgan fingerprint density at radius 1 is 0.483 bits per heavy atom. The topological polar surface area (TPSA) is 175 Å². The molecule has 0 bridgehead atoms. The fourth-order valence-electron chi connectivity index (χ4n) is 5.73. The molecule has 0 aromatic heterocycles. The molecule has 0 aliphatic carbocycles. The second-order valence-electron chi connectivity index (χ2n) is 13.7. The SMILES string of the molecule is C=CC(=O)OCCCC(=O)Cc1ccc(Cc2ccc(CC(=O)OCCCCOC(=O)Nc3ccc(Cc4ccc(NC(=O)NCCOC(=O)C=C)cc4)cc3)cc2)cc1. The summed E-state index contributed by atoms with van der Waals surface area (Å²) in [6, 6.07) is 30.1. The number of hydrogen-bond donors (Lipinski definition) is 3. The highest BCUT2D eigenvalue weighted by Crippen LogP contribution is 2.17. The van der Waals surface area contributed by atoms with Crippen molar-refractivity contribution in [3.05, 3.63) is 156 Å². The van der Waals surface area contributed by atoms with E-state index in [9.17, 15) is 28.8 Å². The molecular formula is C47H51N3O10. The van der Waals surface area contributed by atoms with Gasteiger partial charge in [0.05, 0.1) is 32.8 Å². The maximum atomic E-state index is 12.4. The lowest BCUT2D eigenvalue weighted by molar-refractivity contribution is -0.143. The van der Waals surface area contributed by atoms with E-state index in [1.807, 2.05) is 72.8 Å². The molecule has 314 valence electrons. The van der Waals surface area contributed by atoms with Crippen LogP contribution in [0.25, 0.3) is 0 Å². The minimum Gasteiger partial charge on any atom is -0.465 e. The molecule has 3 N–H and O–H groups in total. The number of hydrogen-bond acceptors (Lipinski definition) is 10. The molecule has 0 heterocycles. The van der Waals surface area contributed by atoms with Gasteiger partial charge < -0.3 is 29.6 Å². The zero-order chi connectivity index (χ0) is 43.0. The van der Waals surface area contributed by atoms with Crippen molar-refractivity contribution < 1.29 is 47.7 Å². The third kappa shape index (κ3) is 18.1. The van der Waals surface area contributed by atoms with Crippen molar-refractivity contribution in [2.24, 2.45) is 0 Å². The number of unbranched alkanes of at least 4 members (excludes halogenated alkanes) is 1. The van der Waals surface area contributed by atoms with Crippen molar-refractivity contribution in [3.63, 3.8) is 0 Å². The van der Waals surface area contributed by atoms with Crippen LogP contribution >= 0.6 is 0 Å². The second kappa shape index (κ2) is 25.4. The average molecular weight is 818 g/mol. The summed E-state index contributed by atoms with van der Waals surface area (Å²) in [4.78, 5) is 71.1. The Morgan fingerprint density at radius 3 is 1.45 bits per heavy atom. The number of benzene rings is 4.